The lowest BCUT2D eigenvalue weighted by Gasteiger charge is -2.05. The molecule has 0 amide bonds. The number of thioether (sulfide) groups is 1. The zero-order chi connectivity index (χ0) is 19.9. The lowest BCUT2D eigenvalue weighted by molar-refractivity contribution is 0.100. The first kappa shape index (κ1) is 20.9. The number of hydrogen-bond acceptors (Lipinski definition) is 5. The zero-order valence-corrected chi connectivity index (χ0v) is 19.7. The average molecular weight is 505 g/mol. The highest BCUT2D eigenvalue weighted by Gasteiger charge is 2.23. The quantitative estimate of drug-likeness (QED) is 0.275. The Morgan fingerprint density at radius 3 is 2.59 bits per heavy atom. The van der Waals surface area contributed by atoms with E-state index in [2.05, 4.69) is 34.9 Å². The first-order valence-electron chi connectivity index (χ1n) is 8.08. The number of rotatable bonds is 5. The minimum Gasteiger partial charge on any atom is -0.293 e. The van der Waals surface area contributed by atoms with Crippen molar-refractivity contribution >= 4 is 68.0 Å². The van der Waals surface area contributed by atoms with Crippen LogP contribution in [0.5, 0.6) is 0 Å². The molecule has 0 saturated carbocycles. The van der Waals surface area contributed by atoms with E-state index in [0.29, 0.717) is 30.6 Å². The molecule has 0 radical (unpaired) electrons. The van der Waals surface area contributed by atoms with Gasteiger partial charge in [0.15, 0.2) is 5.78 Å². The SMILES string of the molecule is CC(=O)c1c(Br)c(C)nn1-c1nc(-c2ccc(Cl)c(Cl)c2)c(SC(C)C)s1. The van der Waals surface area contributed by atoms with Crippen molar-refractivity contribution in [1.29, 1.82) is 0 Å². The van der Waals surface area contributed by atoms with E-state index in [9.17, 15) is 4.79 Å². The maximum absolute atomic E-state index is 12.1. The molecule has 3 aromatic rings. The van der Waals surface area contributed by atoms with Crippen LogP contribution in [-0.2, 0) is 0 Å². The predicted molar refractivity (Wildman–Crippen MR) is 118 cm³/mol. The van der Waals surface area contributed by atoms with Crippen molar-refractivity contribution in [2.24, 2.45) is 0 Å². The van der Waals surface area contributed by atoms with Crippen molar-refractivity contribution in [2.75, 3.05) is 0 Å². The summed E-state index contributed by atoms with van der Waals surface area (Å²) in [6, 6.07) is 5.47. The number of benzene rings is 1. The molecule has 2 heterocycles. The molecule has 0 aliphatic carbocycles. The predicted octanol–water partition coefficient (Wildman–Crippen LogP) is 7.08. The first-order chi connectivity index (χ1) is 12.7. The van der Waals surface area contributed by atoms with Crippen LogP contribution in [0.1, 0.15) is 37.0 Å². The fourth-order valence-corrected chi connectivity index (χ4v) is 5.76. The highest BCUT2D eigenvalue weighted by atomic mass is 79.9. The third-order valence-corrected chi connectivity index (χ3v) is 7.55. The summed E-state index contributed by atoms with van der Waals surface area (Å²) in [5.74, 6) is -0.0770. The van der Waals surface area contributed by atoms with Gasteiger partial charge in [-0.2, -0.15) is 5.10 Å². The normalized spacial score (nSPS) is 11.4. The lowest BCUT2D eigenvalue weighted by atomic mass is 10.2. The van der Waals surface area contributed by atoms with E-state index in [4.69, 9.17) is 28.2 Å². The molecule has 0 fully saturated rings. The van der Waals surface area contributed by atoms with E-state index in [1.807, 2.05) is 19.1 Å². The van der Waals surface area contributed by atoms with Crippen LogP contribution < -0.4 is 0 Å². The van der Waals surface area contributed by atoms with Gasteiger partial charge in [-0.3, -0.25) is 4.79 Å². The van der Waals surface area contributed by atoms with Gasteiger partial charge in [-0.15, -0.1) is 11.8 Å². The summed E-state index contributed by atoms with van der Waals surface area (Å²) >= 11 is 18.9. The van der Waals surface area contributed by atoms with E-state index >= 15 is 0 Å². The number of Topliss-reactive ketones (excluding diaryl/α,β-unsaturated/α-hetero) is 1. The minimum absolute atomic E-state index is 0.0770. The summed E-state index contributed by atoms with van der Waals surface area (Å²) in [4.78, 5) is 16.9. The van der Waals surface area contributed by atoms with E-state index < -0.39 is 0 Å². The molecule has 27 heavy (non-hydrogen) atoms. The van der Waals surface area contributed by atoms with Crippen molar-refractivity contribution in [1.82, 2.24) is 14.8 Å². The van der Waals surface area contributed by atoms with Gasteiger partial charge >= 0.3 is 0 Å². The van der Waals surface area contributed by atoms with Crippen molar-refractivity contribution in [2.45, 2.75) is 37.2 Å². The molecule has 0 unspecified atom stereocenters. The maximum atomic E-state index is 12.1. The van der Waals surface area contributed by atoms with Gasteiger partial charge in [0.1, 0.15) is 5.69 Å². The molecule has 0 spiro atoms. The Hall–Kier alpha value is -0.860. The smallest absolute Gasteiger partial charge is 0.212 e. The molecule has 3 rings (SSSR count). The largest absolute Gasteiger partial charge is 0.293 e. The monoisotopic (exact) mass is 503 g/mol. The van der Waals surface area contributed by atoms with Crippen molar-refractivity contribution in [3.05, 3.63) is 44.1 Å². The van der Waals surface area contributed by atoms with Gasteiger partial charge in [-0.05, 0) is 35.0 Å². The second kappa shape index (κ2) is 8.25. The van der Waals surface area contributed by atoms with Gasteiger partial charge in [0.2, 0.25) is 5.13 Å². The van der Waals surface area contributed by atoms with E-state index in [1.165, 1.54) is 18.3 Å². The standard InChI is InChI=1S/C18H16BrCl2N3OS2/c1-8(2)26-17-15(11-5-6-12(20)13(21)7-11)22-18(27-17)24-16(10(4)25)14(19)9(3)23-24/h5-8H,1-4H3. The van der Waals surface area contributed by atoms with Crippen LogP contribution in [0.25, 0.3) is 16.4 Å². The fraction of sp³-hybridized carbons (Fsp3) is 0.278. The second-order valence-corrected chi connectivity index (χ2v) is 10.6. The summed E-state index contributed by atoms with van der Waals surface area (Å²) < 4.78 is 3.34. The van der Waals surface area contributed by atoms with Crippen LogP contribution in [0.4, 0.5) is 0 Å². The van der Waals surface area contributed by atoms with Gasteiger partial charge < -0.3 is 0 Å². The lowest BCUT2D eigenvalue weighted by Crippen LogP contribution is -2.06. The van der Waals surface area contributed by atoms with Crippen LogP contribution in [0, 0.1) is 6.92 Å². The molecule has 0 aliphatic heterocycles. The van der Waals surface area contributed by atoms with Crippen molar-refractivity contribution in [3.63, 3.8) is 0 Å². The summed E-state index contributed by atoms with van der Waals surface area (Å²) in [7, 11) is 0. The number of nitrogens with zero attached hydrogens (tertiary/aromatic N) is 3. The van der Waals surface area contributed by atoms with Crippen LogP contribution in [-0.4, -0.2) is 25.8 Å². The van der Waals surface area contributed by atoms with Crippen molar-refractivity contribution in [3.8, 4) is 16.4 Å². The third kappa shape index (κ3) is 4.27. The van der Waals surface area contributed by atoms with E-state index in [-0.39, 0.29) is 5.78 Å². The average Bonchev–Trinajstić information content (AvgIpc) is 3.11. The van der Waals surface area contributed by atoms with Crippen LogP contribution in [0.2, 0.25) is 10.0 Å². The van der Waals surface area contributed by atoms with Gasteiger partial charge in [0.05, 0.1) is 30.1 Å². The van der Waals surface area contributed by atoms with E-state index in [0.717, 1.165) is 21.2 Å². The van der Waals surface area contributed by atoms with Gasteiger partial charge in [0, 0.05) is 17.7 Å². The summed E-state index contributed by atoms with van der Waals surface area (Å²) in [5, 5.41) is 6.49. The van der Waals surface area contributed by atoms with Crippen LogP contribution in [0.3, 0.4) is 0 Å². The van der Waals surface area contributed by atoms with Crippen molar-refractivity contribution < 1.29 is 4.79 Å². The highest BCUT2D eigenvalue weighted by Crippen LogP contribution is 2.41. The molecule has 142 valence electrons. The van der Waals surface area contributed by atoms with Gasteiger partial charge in [-0.25, -0.2) is 9.67 Å². The second-order valence-electron chi connectivity index (χ2n) is 6.14. The van der Waals surface area contributed by atoms with Gasteiger partial charge in [-0.1, -0.05) is 54.5 Å². The Labute approximate surface area is 184 Å². The Morgan fingerprint density at radius 1 is 1.30 bits per heavy atom. The number of halogens is 3. The fourth-order valence-electron chi connectivity index (χ4n) is 2.46. The Bertz CT molecular complexity index is 1030. The third-order valence-electron chi connectivity index (χ3n) is 3.62. The number of aromatic nitrogens is 3. The zero-order valence-electron chi connectivity index (χ0n) is 15.0. The molecular weight excluding hydrogens is 489 g/mol. The molecule has 0 bridgehead atoms. The minimum atomic E-state index is -0.0770. The van der Waals surface area contributed by atoms with Crippen LogP contribution >= 0.6 is 62.2 Å². The molecule has 0 aliphatic rings. The number of ketones is 1. The van der Waals surface area contributed by atoms with Crippen LogP contribution in [0.15, 0.2) is 26.9 Å². The highest BCUT2D eigenvalue weighted by molar-refractivity contribution is 9.10. The molecule has 0 atom stereocenters. The molecule has 0 N–H and O–H groups in total. The number of carbonyl (C=O) groups excluding carboxylic acids is 1. The van der Waals surface area contributed by atoms with Gasteiger partial charge in [0.25, 0.3) is 0 Å². The summed E-state index contributed by atoms with van der Waals surface area (Å²) in [6.45, 7) is 7.62. The Morgan fingerprint density at radius 2 is 2.00 bits per heavy atom. The van der Waals surface area contributed by atoms with E-state index in [1.54, 1.807) is 22.5 Å². The Balaban J connectivity index is 2.20. The maximum Gasteiger partial charge on any atom is 0.212 e. The number of carbonyl (C=O) groups is 1. The number of hydrogen-bond donors (Lipinski definition) is 0. The summed E-state index contributed by atoms with van der Waals surface area (Å²) in [6.07, 6.45) is 0. The first-order valence-corrected chi connectivity index (χ1v) is 11.3. The molecular formula is C18H16BrCl2N3OS2. The molecule has 2 aromatic heterocycles. The summed E-state index contributed by atoms with van der Waals surface area (Å²) in [5.41, 5.74) is 2.92. The number of aryl methyl sites for hydroxylation is 1. The topological polar surface area (TPSA) is 47.8 Å². The molecule has 1 aromatic carbocycles. The molecule has 0 saturated heterocycles. The molecule has 4 nitrogen and oxygen atoms in total. The Kier molecular flexibility index (Phi) is 6.37. The number of thiazole rings is 1. The molecule has 9 heteroatoms.